The molecule has 15 heavy (non-hydrogen) atoms. The minimum absolute atomic E-state index is 0.158. The van der Waals surface area contributed by atoms with E-state index in [0.717, 1.165) is 24.4 Å². The highest BCUT2D eigenvalue weighted by Gasteiger charge is 2.27. The van der Waals surface area contributed by atoms with Crippen molar-refractivity contribution >= 4 is 0 Å². The van der Waals surface area contributed by atoms with Crippen LogP contribution in [0.1, 0.15) is 37.8 Å². The van der Waals surface area contributed by atoms with Gasteiger partial charge < -0.3 is 5.32 Å². The second kappa shape index (κ2) is 4.71. The van der Waals surface area contributed by atoms with Gasteiger partial charge in [-0.15, -0.1) is 0 Å². The number of pyridine rings is 1. The summed E-state index contributed by atoms with van der Waals surface area (Å²) in [4.78, 5) is 3.78. The van der Waals surface area contributed by atoms with Crippen LogP contribution in [0.5, 0.6) is 0 Å². The summed E-state index contributed by atoms with van der Waals surface area (Å²) >= 11 is 0. The van der Waals surface area contributed by atoms with Gasteiger partial charge in [-0.2, -0.15) is 0 Å². The average molecular weight is 208 g/mol. The molecular weight excluding hydrogens is 191 g/mol. The van der Waals surface area contributed by atoms with E-state index in [0.29, 0.717) is 0 Å². The van der Waals surface area contributed by atoms with Crippen LogP contribution < -0.4 is 5.32 Å². The Labute approximate surface area is 89.9 Å². The van der Waals surface area contributed by atoms with Crippen molar-refractivity contribution in [2.45, 2.75) is 32.2 Å². The van der Waals surface area contributed by atoms with Crippen molar-refractivity contribution in [3.8, 4) is 0 Å². The van der Waals surface area contributed by atoms with E-state index in [-0.39, 0.29) is 11.9 Å². The molecule has 1 N–H and O–H groups in total. The van der Waals surface area contributed by atoms with Gasteiger partial charge in [-0.1, -0.05) is 19.8 Å². The van der Waals surface area contributed by atoms with E-state index < -0.39 is 0 Å². The van der Waals surface area contributed by atoms with E-state index in [1.54, 1.807) is 12.3 Å². The highest BCUT2D eigenvalue weighted by molar-refractivity contribution is 5.17. The van der Waals surface area contributed by atoms with Gasteiger partial charge >= 0.3 is 0 Å². The largest absolute Gasteiger partial charge is 0.310 e. The molecule has 1 aliphatic carbocycles. The Morgan fingerprint density at radius 2 is 2.40 bits per heavy atom. The molecule has 3 heteroatoms. The van der Waals surface area contributed by atoms with E-state index >= 15 is 0 Å². The summed E-state index contributed by atoms with van der Waals surface area (Å²) in [7, 11) is 0. The van der Waals surface area contributed by atoms with Gasteiger partial charge in [0.2, 0.25) is 0 Å². The maximum Gasteiger partial charge on any atom is 0.146 e. The zero-order valence-electron chi connectivity index (χ0n) is 9.04. The molecule has 2 rings (SSSR count). The topological polar surface area (TPSA) is 24.9 Å². The smallest absolute Gasteiger partial charge is 0.146 e. The molecule has 1 fully saturated rings. The van der Waals surface area contributed by atoms with Crippen LogP contribution in [0.2, 0.25) is 0 Å². The van der Waals surface area contributed by atoms with E-state index in [9.17, 15) is 4.39 Å². The summed E-state index contributed by atoms with van der Waals surface area (Å²) in [6.07, 6.45) is 6.61. The van der Waals surface area contributed by atoms with Crippen LogP contribution in [0.25, 0.3) is 0 Å². The van der Waals surface area contributed by atoms with Crippen molar-refractivity contribution in [3.63, 3.8) is 0 Å². The Morgan fingerprint density at radius 1 is 1.60 bits per heavy atom. The summed E-state index contributed by atoms with van der Waals surface area (Å²) in [5, 5.41) is 3.34. The van der Waals surface area contributed by atoms with E-state index in [4.69, 9.17) is 0 Å². The number of nitrogens with zero attached hydrogens (tertiary/aromatic N) is 1. The molecule has 1 aromatic rings. The predicted molar refractivity (Wildman–Crippen MR) is 58.0 cm³/mol. The van der Waals surface area contributed by atoms with Gasteiger partial charge in [0, 0.05) is 17.8 Å². The highest BCUT2D eigenvalue weighted by Crippen LogP contribution is 2.37. The minimum atomic E-state index is -0.191. The molecular formula is C12H17FN2. The lowest BCUT2D eigenvalue weighted by Crippen LogP contribution is -2.22. The number of rotatable bonds is 5. The Hall–Kier alpha value is -0.960. The van der Waals surface area contributed by atoms with Crippen LogP contribution in [-0.4, -0.2) is 11.5 Å². The number of aromatic nitrogens is 1. The maximum absolute atomic E-state index is 13.5. The fourth-order valence-corrected chi connectivity index (χ4v) is 1.92. The van der Waals surface area contributed by atoms with Crippen LogP contribution in [0.15, 0.2) is 18.5 Å². The molecule has 1 aliphatic rings. The third-order valence-corrected chi connectivity index (χ3v) is 2.90. The van der Waals surface area contributed by atoms with Crippen LogP contribution in [0.4, 0.5) is 4.39 Å². The van der Waals surface area contributed by atoms with Crippen molar-refractivity contribution in [2.75, 3.05) is 6.54 Å². The van der Waals surface area contributed by atoms with Gasteiger partial charge in [0.1, 0.15) is 5.82 Å². The van der Waals surface area contributed by atoms with Gasteiger partial charge in [0.05, 0.1) is 6.20 Å². The molecule has 0 aromatic carbocycles. The first-order chi connectivity index (χ1) is 7.31. The Kier molecular flexibility index (Phi) is 3.31. The molecule has 0 spiro atoms. The van der Waals surface area contributed by atoms with Gasteiger partial charge in [0.15, 0.2) is 0 Å². The lowest BCUT2D eigenvalue weighted by Gasteiger charge is -2.18. The molecule has 1 aromatic heterocycles. The molecule has 0 amide bonds. The zero-order valence-corrected chi connectivity index (χ0v) is 9.04. The second-order valence-corrected chi connectivity index (χ2v) is 4.19. The Bertz CT molecular complexity index is 323. The molecule has 0 radical (unpaired) electrons. The van der Waals surface area contributed by atoms with E-state index in [1.807, 2.05) is 0 Å². The first-order valence-electron chi connectivity index (χ1n) is 5.64. The van der Waals surface area contributed by atoms with Crippen molar-refractivity contribution < 1.29 is 4.39 Å². The van der Waals surface area contributed by atoms with Crippen molar-refractivity contribution in [3.05, 3.63) is 29.8 Å². The number of nitrogens with one attached hydrogen (secondary N) is 1. The average Bonchev–Trinajstić information content (AvgIpc) is 3.02. The zero-order chi connectivity index (χ0) is 10.7. The van der Waals surface area contributed by atoms with Crippen LogP contribution in [0.3, 0.4) is 0 Å². The Morgan fingerprint density at radius 3 is 3.00 bits per heavy atom. The molecule has 1 atom stereocenters. The van der Waals surface area contributed by atoms with Gasteiger partial charge in [-0.3, -0.25) is 4.98 Å². The third kappa shape index (κ3) is 2.75. The molecule has 1 unspecified atom stereocenters. The first kappa shape index (κ1) is 10.6. The maximum atomic E-state index is 13.5. The van der Waals surface area contributed by atoms with Crippen LogP contribution in [-0.2, 0) is 0 Å². The number of hydrogen-bond acceptors (Lipinski definition) is 2. The molecule has 82 valence electrons. The summed E-state index contributed by atoms with van der Waals surface area (Å²) in [6.45, 7) is 2.93. The van der Waals surface area contributed by atoms with Gasteiger partial charge in [0.25, 0.3) is 0 Å². The SMILES string of the molecule is CCNC(CC1CC1)c1ccncc1F. The number of hydrogen-bond donors (Lipinski definition) is 1. The second-order valence-electron chi connectivity index (χ2n) is 4.19. The molecule has 2 nitrogen and oxygen atoms in total. The van der Waals surface area contributed by atoms with Crippen LogP contribution in [0, 0.1) is 11.7 Å². The van der Waals surface area contributed by atoms with Crippen LogP contribution >= 0.6 is 0 Å². The quantitative estimate of drug-likeness (QED) is 0.804. The van der Waals surface area contributed by atoms with Crippen molar-refractivity contribution in [2.24, 2.45) is 5.92 Å². The molecule has 0 saturated heterocycles. The summed E-state index contributed by atoms with van der Waals surface area (Å²) in [5.41, 5.74) is 0.763. The molecule has 0 aliphatic heterocycles. The lowest BCUT2D eigenvalue weighted by atomic mass is 10.0. The highest BCUT2D eigenvalue weighted by atomic mass is 19.1. The summed E-state index contributed by atoms with van der Waals surface area (Å²) in [5.74, 6) is 0.603. The fourth-order valence-electron chi connectivity index (χ4n) is 1.92. The summed E-state index contributed by atoms with van der Waals surface area (Å²) in [6, 6.07) is 1.94. The van der Waals surface area contributed by atoms with Crippen molar-refractivity contribution in [1.29, 1.82) is 0 Å². The predicted octanol–water partition coefficient (Wildman–Crippen LogP) is 2.67. The number of halogens is 1. The first-order valence-corrected chi connectivity index (χ1v) is 5.64. The van der Waals surface area contributed by atoms with Gasteiger partial charge in [-0.25, -0.2) is 4.39 Å². The lowest BCUT2D eigenvalue weighted by molar-refractivity contribution is 0.462. The molecule has 1 saturated carbocycles. The minimum Gasteiger partial charge on any atom is -0.310 e. The molecule has 1 heterocycles. The fraction of sp³-hybridized carbons (Fsp3) is 0.583. The third-order valence-electron chi connectivity index (χ3n) is 2.90. The summed E-state index contributed by atoms with van der Waals surface area (Å²) < 4.78 is 13.5. The van der Waals surface area contributed by atoms with E-state index in [1.165, 1.54) is 19.0 Å². The molecule has 0 bridgehead atoms. The van der Waals surface area contributed by atoms with E-state index in [2.05, 4.69) is 17.2 Å². The van der Waals surface area contributed by atoms with Crippen molar-refractivity contribution in [1.82, 2.24) is 10.3 Å². The Balaban J connectivity index is 2.11. The van der Waals surface area contributed by atoms with Gasteiger partial charge in [-0.05, 0) is 24.9 Å². The standard InChI is InChI=1S/C12H17FN2/c1-2-15-12(7-9-3-4-9)10-5-6-14-8-11(10)13/h5-6,8-9,12,15H,2-4,7H2,1H3. The monoisotopic (exact) mass is 208 g/mol. The normalized spacial score (nSPS) is 17.7.